The molecule has 3 nitrogen and oxygen atoms in total. The first-order valence-electron chi connectivity index (χ1n) is 6.04. The van der Waals surface area contributed by atoms with Gasteiger partial charge >= 0.3 is 0 Å². The average molecular weight is 231 g/mol. The van der Waals surface area contributed by atoms with Crippen LogP contribution in [0.5, 0.6) is 0 Å². The number of nitrogens with one attached hydrogen (secondary N) is 1. The fourth-order valence-corrected chi connectivity index (χ4v) is 1.90. The highest BCUT2D eigenvalue weighted by Crippen LogP contribution is 2.26. The normalized spacial score (nSPS) is 15.1. The van der Waals surface area contributed by atoms with Crippen LogP contribution >= 0.6 is 0 Å². The number of carbonyl (C=O) groups excluding carboxylic acids is 2. The van der Waals surface area contributed by atoms with E-state index in [0.717, 1.165) is 24.8 Å². The molecule has 0 spiro atoms. The largest absolute Gasteiger partial charge is 0.352 e. The second kappa shape index (κ2) is 5.13. The number of hydrogen-bond donors (Lipinski definition) is 1. The molecule has 1 aliphatic carbocycles. The van der Waals surface area contributed by atoms with Crippen LogP contribution < -0.4 is 5.32 Å². The number of hydrogen-bond acceptors (Lipinski definition) is 2. The van der Waals surface area contributed by atoms with Crippen LogP contribution in [0.4, 0.5) is 0 Å². The number of benzene rings is 1. The summed E-state index contributed by atoms with van der Waals surface area (Å²) in [5, 5.41) is 2.92. The lowest BCUT2D eigenvalue weighted by atomic mass is 9.85. The summed E-state index contributed by atoms with van der Waals surface area (Å²) < 4.78 is 0. The van der Waals surface area contributed by atoms with Crippen molar-refractivity contribution >= 4 is 11.7 Å². The molecule has 0 aromatic heterocycles. The van der Waals surface area contributed by atoms with Gasteiger partial charge in [0.25, 0.3) is 0 Å². The van der Waals surface area contributed by atoms with E-state index in [9.17, 15) is 9.59 Å². The Labute approximate surface area is 101 Å². The lowest BCUT2D eigenvalue weighted by Gasteiger charge is -2.24. The fourth-order valence-electron chi connectivity index (χ4n) is 1.90. The minimum Gasteiger partial charge on any atom is -0.352 e. The van der Waals surface area contributed by atoms with Crippen LogP contribution in [0.3, 0.4) is 0 Å². The summed E-state index contributed by atoms with van der Waals surface area (Å²) in [6.45, 7) is 2.06. The molecule has 2 rings (SSSR count). The van der Waals surface area contributed by atoms with Crippen LogP contribution in [0.25, 0.3) is 0 Å². The molecule has 1 N–H and O–H groups in total. The molecule has 17 heavy (non-hydrogen) atoms. The summed E-state index contributed by atoms with van der Waals surface area (Å²) in [6, 6.07) is 7.40. The molecule has 0 heterocycles. The summed E-state index contributed by atoms with van der Waals surface area (Å²) in [7, 11) is 0. The van der Waals surface area contributed by atoms with Crippen molar-refractivity contribution in [3.8, 4) is 0 Å². The second-order valence-corrected chi connectivity index (χ2v) is 4.60. The van der Waals surface area contributed by atoms with E-state index in [1.807, 2.05) is 18.2 Å². The third-order valence-electron chi connectivity index (χ3n) is 3.28. The van der Waals surface area contributed by atoms with Crippen molar-refractivity contribution in [1.82, 2.24) is 5.32 Å². The molecule has 0 bridgehead atoms. The summed E-state index contributed by atoms with van der Waals surface area (Å²) >= 11 is 0. The van der Waals surface area contributed by atoms with Gasteiger partial charge in [0.1, 0.15) is 0 Å². The van der Waals surface area contributed by atoms with E-state index >= 15 is 0 Å². The van der Waals surface area contributed by atoms with Gasteiger partial charge in [-0.3, -0.25) is 9.59 Å². The van der Waals surface area contributed by atoms with Crippen LogP contribution in [0.15, 0.2) is 24.3 Å². The van der Waals surface area contributed by atoms with Crippen molar-refractivity contribution in [2.45, 2.75) is 32.7 Å². The van der Waals surface area contributed by atoms with E-state index in [0.29, 0.717) is 12.1 Å². The van der Waals surface area contributed by atoms with Gasteiger partial charge in [-0.1, -0.05) is 24.6 Å². The zero-order valence-electron chi connectivity index (χ0n) is 10.0. The Bertz CT molecular complexity index is 436. The van der Waals surface area contributed by atoms with Crippen molar-refractivity contribution in [2.75, 3.05) is 0 Å². The molecule has 0 radical (unpaired) electrons. The van der Waals surface area contributed by atoms with Crippen LogP contribution in [0, 0.1) is 5.92 Å². The average Bonchev–Trinajstić information content (AvgIpc) is 2.24. The molecular weight excluding hydrogens is 214 g/mol. The Morgan fingerprint density at radius 2 is 2.12 bits per heavy atom. The Morgan fingerprint density at radius 1 is 1.35 bits per heavy atom. The molecule has 0 aliphatic heterocycles. The Morgan fingerprint density at radius 3 is 2.71 bits per heavy atom. The van der Waals surface area contributed by atoms with E-state index in [2.05, 4.69) is 5.32 Å². The van der Waals surface area contributed by atoms with Gasteiger partial charge in [-0.2, -0.15) is 0 Å². The first kappa shape index (κ1) is 11.8. The highest BCUT2D eigenvalue weighted by molar-refractivity contribution is 5.94. The van der Waals surface area contributed by atoms with Crippen molar-refractivity contribution in [2.24, 2.45) is 5.92 Å². The molecule has 0 atom stereocenters. The molecule has 1 fully saturated rings. The first-order chi connectivity index (χ1) is 8.16. The maximum atomic E-state index is 11.6. The van der Waals surface area contributed by atoms with Crippen molar-refractivity contribution < 1.29 is 9.59 Å². The van der Waals surface area contributed by atoms with Crippen molar-refractivity contribution in [1.29, 1.82) is 0 Å². The Kier molecular flexibility index (Phi) is 3.57. The Hall–Kier alpha value is -1.64. The predicted molar refractivity (Wildman–Crippen MR) is 65.6 cm³/mol. The zero-order chi connectivity index (χ0) is 12.3. The topological polar surface area (TPSA) is 46.2 Å². The molecule has 3 heteroatoms. The fraction of sp³-hybridized carbons (Fsp3) is 0.429. The Balaban J connectivity index is 1.91. The lowest BCUT2D eigenvalue weighted by molar-refractivity contribution is -0.127. The van der Waals surface area contributed by atoms with E-state index in [4.69, 9.17) is 0 Å². The van der Waals surface area contributed by atoms with Gasteiger partial charge in [0.05, 0.1) is 0 Å². The minimum atomic E-state index is 0.0529. The quantitative estimate of drug-likeness (QED) is 0.808. The minimum absolute atomic E-state index is 0.0529. The molecular formula is C14H17NO2. The number of ketones is 1. The standard InChI is InChI=1S/C14H17NO2/c1-10(16)13-7-2-4-11(8-13)9-15-14(17)12-5-3-6-12/h2,4,7-8,12H,3,5-6,9H2,1H3,(H,15,17). The number of amides is 1. The highest BCUT2D eigenvalue weighted by atomic mass is 16.2. The van der Waals surface area contributed by atoms with Gasteiger partial charge in [0, 0.05) is 18.0 Å². The number of Topliss-reactive ketones (excluding diaryl/α,β-unsaturated/α-hetero) is 1. The first-order valence-corrected chi connectivity index (χ1v) is 6.04. The van der Waals surface area contributed by atoms with E-state index in [1.165, 1.54) is 0 Å². The summed E-state index contributed by atoms with van der Waals surface area (Å²) in [5.74, 6) is 0.410. The SMILES string of the molecule is CC(=O)c1cccc(CNC(=O)C2CCC2)c1. The van der Waals surface area contributed by atoms with Gasteiger partial charge in [-0.25, -0.2) is 0 Å². The summed E-state index contributed by atoms with van der Waals surface area (Å²) in [4.78, 5) is 22.9. The highest BCUT2D eigenvalue weighted by Gasteiger charge is 2.24. The van der Waals surface area contributed by atoms with Gasteiger partial charge in [0.2, 0.25) is 5.91 Å². The van der Waals surface area contributed by atoms with Crippen LogP contribution in [0.2, 0.25) is 0 Å². The molecule has 1 aliphatic rings. The number of rotatable bonds is 4. The van der Waals surface area contributed by atoms with Crippen LogP contribution in [0.1, 0.15) is 42.1 Å². The van der Waals surface area contributed by atoms with Gasteiger partial charge in [-0.15, -0.1) is 0 Å². The maximum Gasteiger partial charge on any atom is 0.223 e. The molecule has 0 unspecified atom stereocenters. The molecule has 90 valence electrons. The molecule has 0 saturated heterocycles. The molecule has 1 aromatic carbocycles. The van der Waals surface area contributed by atoms with E-state index in [-0.39, 0.29) is 17.6 Å². The van der Waals surface area contributed by atoms with Crippen LogP contribution in [-0.2, 0) is 11.3 Å². The van der Waals surface area contributed by atoms with Gasteiger partial charge in [-0.05, 0) is 31.4 Å². The van der Waals surface area contributed by atoms with Crippen LogP contribution in [-0.4, -0.2) is 11.7 Å². The van der Waals surface area contributed by atoms with E-state index < -0.39 is 0 Å². The number of carbonyl (C=O) groups is 2. The van der Waals surface area contributed by atoms with Gasteiger partial charge in [0.15, 0.2) is 5.78 Å². The monoisotopic (exact) mass is 231 g/mol. The van der Waals surface area contributed by atoms with E-state index in [1.54, 1.807) is 13.0 Å². The molecule has 1 saturated carbocycles. The molecule has 1 amide bonds. The third kappa shape index (κ3) is 2.93. The summed E-state index contributed by atoms with van der Waals surface area (Å²) in [5.41, 5.74) is 1.67. The second-order valence-electron chi connectivity index (χ2n) is 4.60. The van der Waals surface area contributed by atoms with Crippen molar-refractivity contribution in [3.05, 3.63) is 35.4 Å². The van der Waals surface area contributed by atoms with Crippen molar-refractivity contribution in [3.63, 3.8) is 0 Å². The smallest absolute Gasteiger partial charge is 0.223 e. The van der Waals surface area contributed by atoms with Gasteiger partial charge < -0.3 is 5.32 Å². The summed E-state index contributed by atoms with van der Waals surface area (Å²) in [6.07, 6.45) is 3.19. The zero-order valence-corrected chi connectivity index (χ0v) is 10.0. The third-order valence-corrected chi connectivity index (χ3v) is 3.28. The maximum absolute atomic E-state index is 11.6. The lowest BCUT2D eigenvalue weighted by Crippen LogP contribution is -2.33. The predicted octanol–water partition coefficient (Wildman–Crippen LogP) is 2.31. The molecule has 1 aromatic rings.